The van der Waals surface area contributed by atoms with Crippen molar-refractivity contribution >= 4 is 11.8 Å². The number of likely N-dealkylation sites (tertiary alicyclic amines) is 1. The van der Waals surface area contributed by atoms with Crippen molar-refractivity contribution in [3.05, 3.63) is 0 Å². The van der Waals surface area contributed by atoms with Crippen LogP contribution in [0.3, 0.4) is 0 Å². The fourth-order valence-corrected chi connectivity index (χ4v) is 3.99. The molecule has 1 aliphatic carbocycles. The third kappa shape index (κ3) is 3.64. The van der Waals surface area contributed by atoms with Crippen molar-refractivity contribution in [2.75, 3.05) is 32.4 Å². The molecule has 0 spiro atoms. The van der Waals surface area contributed by atoms with Crippen LogP contribution in [0.15, 0.2) is 0 Å². The van der Waals surface area contributed by atoms with Gasteiger partial charge in [-0.15, -0.1) is 0 Å². The van der Waals surface area contributed by atoms with Gasteiger partial charge in [0.05, 0.1) is 0 Å². The number of hydrogen-bond acceptors (Lipinski definition) is 3. The minimum atomic E-state index is 0.784. The van der Waals surface area contributed by atoms with Gasteiger partial charge in [0, 0.05) is 24.4 Å². The van der Waals surface area contributed by atoms with Crippen LogP contribution < -0.4 is 5.32 Å². The van der Waals surface area contributed by atoms with E-state index >= 15 is 0 Å². The molecular weight excluding hydrogens is 216 g/mol. The molecule has 1 N–H and O–H groups in total. The summed E-state index contributed by atoms with van der Waals surface area (Å²) in [6, 6.07) is 0.784. The summed E-state index contributed by atoms with van der Waals surface area (Å²) in [5.74, 6) is 0. The van der Waals surface area contributed by atoms with Crippen LogP contribution >= 0.6 is 11.8 Å². The molecule has 2 atom stereocenters. The molecule has 0 radical (unpaired) electrons. The molecule has 94 valence electrons. The van der Waals surface area contributed by atoms with Crippen LogP contribution in [0.5, 0.6) is 0 Å². The molecule has 1 aliphatic heterocycles. The molecule has 1 saturated heterocycles. The predicted molar refractivity (Wildman–Crippen MR) is 73.2 cm³/mol. The standard InChI is InChI=1S/C13H26N2S/c1-16-13-7-3-2-6-12(13)14-8-11-15-9-4-5-10-15/h12-14H,2-11H2,1H3. The second kappa shape index (κ2) is 6.87. The molecule has 0 aromatic heterocycles. The zero-order valence-electron chi connectivity index (χ0n) is 10.6. The monoisotopic (exact) mass is 242 g/mol. The SMILES string of the molecule is CSC1CCCCC1NCCN1CCCC1. The van der Waals surface area contributed by atoms with Gasteiger partial charge in [-0.3, -0.25) is 0 Å². The predicted octanol–water partition coefficient (Wildman–Crippen LogP) is 2.35. The van der Waals surface area contributed by atoms with E-state index in [1.54, 1.807) is 0 Å². The molecular formula is C13H26N2S. The first-order valence-electron chi connectivity index (χ1n) is 6.88. The molecule has 2 rings (SSSR count). The summed E-state index contributed by atoms with van der Waals surface area (Å²) in [7, 11) is 0. The molecule has 2 aliphatic rings. The fraction of sp³-hybridized carbons (Fsp3) is 1.00. The first-order valence-corrected chi connectivity index (χ1v) is 8.17. The average molecular weight is 242 g/mol. The van der Waals surface area contributed by atoms with E-state index in [1.807, 2.05) is 0 Å². The van der Waals surface area contributed by atoms with Gasteiger partial charge in [-0.1, -0.05) is 12.8 Å². The quantitative estimate of drug-likeness (QED) is 0.797. The lowest BCUT2D eigenvalue weighted by Crippen LogP contribution is -2.43. The molecule has 2 unspecified atom stereocenters. The minimum Gasteiger partial charge on any atom is -0.312 e. The third-order valence-electron chi connectivity index (χ3n) is 4.04. The molecule has 0 amide bonds. The molecule has 0 aromatic carbocycles. The lowest BCUT2D eigenvalue weighted by Gasteiger charge is -2.31. The minimum absolute atomic E-state index is 0.784. The van der Waals surface area contributed by atoms with Crippen LogP contribution in [0.4, 0.5) is 0 Å². The van der Waals surface area contributed by atoms with E-state index in [0.717, 1.165) is 11.3 Å². The summed E-state index contributed by atoms with van der Waals surface area (Å²) in [5.41, 5.74) is 0. The second-order valence-electron chi connectivity index (χ2n) is 5.17. The number of thioether (sulfide) groups is 1. The largest absolute Gasteiger partial charge is 0.312 e. The Morgan fingerprint density at radius 2 is 1.88 bits per heavy atom. The van der Waals surface area contributed by atoms with Crippen LogP contribution in [-0.4, -0.2) is 48.6 Å². The van der Waals surface area contributed by atoms with E-state index < -0.39 is 0 Å². The number of nitrogens with one attached hydrogen (secondary N) is 1. The summed E-state index contributed by atoms with van der Waals surface area (Å²) in [5, 5.41) is 4.65. The zero-order valence-corrected chi connectivity index (χ0v) is 11.4. The summed E-state index contributed by atoms with van der Waals surface area (Å²) in [4.78, 5) is 2.60. The van der Waals surface area contributed by atoms with Crippen LogP contribution in [0.25, 0.3) is 0 Å². The topological polar surface area (TPSA) is 15.3 Å². The van der Waals surface area contributed by atoms with Crippen molar-refractivity contribution in [3.63, 3.8) is 0 Å². The normalized spacial score (nSPS) is 32.1. The maximum absolute atomic E-state index is 3.79. The van der Waals surface area contributed by atoms with Gasteiger partial charge >= 0.3 is 0 Å². The van der Waals surface area contributed by atoms with Crippen LogP contribution in [0.2, 0.25) is 0 Å². The van der Waals surface area contributed by atoms with Gasteiger partial charge in [-0.2, -0.15) is 11.8 Å². The highest BCUT2D eigenvalue weighted by Crippen LogP contribution is 2.26. The molecule has 3 heteroatoms. The Balaban J connectivity index is 1.63. The Labute approximate surface area is 105 Å². The number of nitrogens with zero attached hydrogens (tertiary/aromatic N) is 1. The Kier molecular flexibility index (Phi) is 5.46. The van der Waals surface area contributed by atoms with Gasteiger partial charge in [-0.25, -0.2) is 0 Å². The summed E-state index contributed by atoms with van der Waals surface area (Å²) >= 11 is 2.06. The van der Waals surface area contributed by atoms with Gasteiger partial charge in [0.1, 0.15) is 0 Å². The fourth-order valence-electron chi connectivity index (χ4n) is 3.03. The second-order valence-corrected chi connectivity index (χ2v) is 6.24. The van der Waals surface area contributed by atoms with Gasteiger partial charge in [-0.05, 0) is 45.0 Å². The highest BCUT2D eigenvalue weighted by atomic mass is 32.2. The Hall–Kier alpha value is 0.270. The molecule has 2 fully saturated rings. The van der Waals surface area contributed by atoms with Crippen molar-refractivity contribution < 1.29 is 0 Å². The van der Waals surface area contributed by atoms with Crippen LogP contribution in [0, 0.1) is 0 Å². The highest BCUT2D eigenvalue weighted by molar-refractivity contribution is 7.99. The van der Waals surface area contributed by atoms with Crippen LogP contribution in [0.1, 0.15) is 38.5 Å². The lowest BCUT2D eigenvalue weighted by molar-refractivity contribution is 0.311. The lowest BCUT2D eigenvalue weighted by atomic mass is 9.95. The average Bonchev–Trinajstić information content (AvgIpc) is 2.83. The number of rotatable bonds is 5. The van der Waals surface area contributed by atoms with Crippen molar-refractivity contribution in [2.45, 2.75) is 49.8 Å². The molecule has 1 saturated carbocycles. The van der Waals surface area contributed by atoms with Crippen molar-refractivity contribution in [1.82, 2.24) is 10.2 Å². The van der Waals surface area contributed by atoms with E-state index in [2.05, 4.69) is 28.2 Å². The molecule has 16 heavy (non-hydrogen) atoms. The molecule has 1 heterocycles. The van der Waals surface area contributed by atoms with Gasteiger partial charge in [0.2, 0.25) is 0 Å². The Bertz CT molecular complexity index is 192. The van der Waals surface area contributed by atoms with E-state index in [1.165, 1.54) is 64.7 Å². The molecule has 2 nitrogen and oxygen atoms in total. The number of hydrogen-bond donors (Lipinski definition) is 1. The van der Waals surface area contributed by atoms with E-state index in [-0.39, 0.29) is 0 Å². The summed E-state index contributed by atoms with van der Waals surface area (Å²) < 4.78 is 0. The van der Waals surface area contributed by atoms with E-state index in [0.29, 0.717) is 0 Å². The molecule has 0 bridgehead atoms. The van der Waals surface area contributed by atoms with Crippen LogP contribution in [-0.2, 0) is 0 Å². The summed E-state index contributed by atoms with van der Waals surface area (Å²) in [6.45, 7) is 5.12. The zero-order chi connectivity index (χ0) is 11.2. The van der Waals surface area contributed by atoms with Crippen molar-refractivity contribution in [1.29, 1.82) is 0 Å². The Morgan fingerprint density at radius 1 is 1.12 bits per heavy atom. The third-order valence-corrected chi connectivity index (χ3v) is 5.21. The van der Waals surface area contributed by atoms with Gasteiger partial charge < -0.3 is 10.2 Å². The van der Waals surface area contributed by atoms with Crippen molar-refractivity contribution in [3.8, 4) is 0 Å². The Morgan fingerprint density at radius 3 is 2.62 bits per heavy atom. The first kappa shape index (κ1) is 12.7. The van der Waals surface area contributed by atoms with Crippen molar-refractivity contribution in [2.24, 2.45) is 0 Å². The van der Waals surface area contributed by atoms with Gasteiger partial charge in [0.15, 0.2) is 0 Å². The smallest absolute Gasteiger partial charge is 0.0198 e. The van der Waals surface area contributed by atoms with Gasteiger partial charge in [0.25, 0.3) is 0 Å². The molecule has 0 aromatic rings. The maximum Gasteiger partial charge on any atom is 0.0198 e. The van der Waals surface area contributed by atoms with E-state index in [4.69, 9.17) is 0 Å². The highest BCUT2D eigenvalue weighted by Gasteiger charge is 2.23. The summed E-state index contributed by atoms with van der Waals surface area (Å²) in [6.07, 6.45) is 10.8. The maximum atomic E-state index is 3.79. The van der Waals surface area contributed by atoms with E-state index in [9.17, 15) is 0 Å². The first-order chi connectivity index (χ1) is 7.90.